The number of nitrogens with zero attached hydrogens (tertiary/aromatic N) is 4. The van der Waals surface area contributed by atoms with Gasteiger partial charge in [0.05, 0.1) is 17.1 Å². The van der Waals surface area contributed by atoms with Gasteiger partial charge in [0.2, 0.25) is 0 Å². The second-order valence-corrected chi connectivity index (χ2v) is 15.2. The molecular weight excluding hydrogens is 688 g/mol. The minimum Gasteiger partial charge on any atom is -0.861 e. The summed E-state index contributed by atoms with van der Waals surface area (Å²) in [6, 6.07) is 17.8. The Morgan fingerprint density at radius 1 is 0.429 bits per heavy atom. The van der Waals surface area contributed by atoms with Gasteiger partial charge in [-0.3, -0.25) is 15.0 Å². The maximum Gasteiger partial charge on any atom is 4.00 e. The maximum atomic E-state index is 11.8. The minimum atomic E-state index is -0.408. The molecule has 0 aromatic heterocycles. The Balaban J connectivity index is 0. The zero-order valence-corrected chi connectivity index (χ0v) is 35.7. The van der Waals surface area contributed by atoms with E-state index in [9.17, 15) is 15.3 Å². The number of rotatable bonds is 3. The Kier molecular flexibility index (Phi) is 20.8. The van der Waals surface area contributed by atoms with Gasteiger partial charge in [0.1, 0.15) is 0 Å². The van der Waals surface area contributed by atoms with Gasteiger partial charge in [-0.15, -0.1) is 0 Å². The van der Waals surface area contributed by atoms with Gasteiger partial charge in [-0.2, -0.15) is 14.1 Å². The summed E-state index contributed by atoms with van der Waals surface area (Å²) in [7, 11) is 3.50. The molecule has 0 saturated heterocycles. The summed E-state index contributed by atoms with van der Waals surface area (Å²) < 4.78 is 0. The van der Waals surface area contributed by atoms with Crippen molar-refractivity contribution in [2.75, 3.05) is 14.1 Å². The van der Waals surface area contributed by atoms with E-state index in [0.717, 1.165) is 50.4 Å². The molecule has 0 aliphatic rings. The standard InChI is InChI=1S/3C13H19NO.C2H6N.Zr/c3*1-9-7-6-8-10(2)11(9)14-12(15)13(3,4)5;1-3-2;/h3*6-8H,1-5H3,(H,14,15);1-2H3;/q;;;-1;+4/p-3. The molecule has 0 aliphatic carbocycles. The van der Waals surface area contributed by atoms with Crippen LogP contribution in [0.4, 0.5) is 17.1 Å². The largest absolute Gasteiger partial charge is 4.00 e. The number of hydrogen-bond acceptors (Lipinski definition) is 6. The van der Waals surface area contributed by atoms with Crippen LogP contribution >= 0.6 is 0 Å². The zero-order chi connectivity index (χ0) is 37.6. The molecule has 8 heteroatoms. The van der Waals surface area contributed by atoms with Crippen LogP contribution in [0, 0.1) is 57.8 Å². The van der Waals surface area contributed by atoms with Gasteiger partial charge in [0.15, 0.2) is 0 Å². The molecule has 3 aromatic rings. The van der Waals surface area contributed by atoms with E-state index in [-0.39, 0.29) is 43.9 Å². The van der Waals surface area contributed by atoms with E-state index < -0.39 is 16.2 Å². The van der Waals surface area contributed by atoms with E-state index in [0.29, 0.717) is 0 Å². The van der Waals surface area contributed by atoms with E-state index in [1.807, 2.05) is 158 Å². The third-order valence-corrected chi connectivity index (χ3v) is 6.88. The van der Waals surface area contributed by atoms with Crippen LogP contribution in [0.5, 0.6) is 0 Å². The van der Waals surface area contributed by atoms with Gasteiger partial charge in [-0.25, -0.2) is 0 Å². The Labute approximate surface area is 317 Å². The van der Waals surface area contributed by atoms with Crippen molar-refractivity contribution >= 4 is 34.8 Å². The molecule has 0 aliphatic heterocycles. The van der Waals surface area contributed by atoms with Gasteiger partial charge >= 0.3 is 26.2 Å². The minimum absolute atomic E-state index is 0. The predicted octanol–water partition coefficient (Wildman–Crippen LogP) is 8.84. The molecule has 0 atom stereocenters. The summed E-state index contributed by atoms with van der Waals surface area (Å²) >= 11 is 0. The molecule has 0 unspecified atom stereocenters. The average Bonchev–Trinajstić information content (AvgIpc) is 2.94. The molecule has 0 radical (unpaired) electrons. The summed E-state index contributed by atoms with van der Waals surface area (Å²) in [6.45, 7) is 28.8. The molecular formula is C41H60N4O3Zr. The number of aliphatic imine (C=N–C) groups is 3. The summed E-state index contributed by atoms with van der Waals surface area (Å²) in [5, 5.41) is 38.8. The summed E-state index contributed by atoms with van der Waals surface area (Å²) in [5.74, 6) is -0.209. The number of benzene rings is 3. The van der Waals surface area contributed by atoms with Gasteiger partial charge in [-0.05, 0) is 109 Å². The van der Waals surface area contributed by atoms with Crippen molar-refractivity contribution in [2.45, 2.75) is 104 Å². The first-order valence-corrected chi connectivity index (χ1v) is 16.3. The summed E-state index contributed by atoms with van der Waals surface area (Å²) in [5.41, 5.74) is 7.52. The van der Waals surface area contributed by atoms with E-state index >= 15 is 0 Å². The summed E-state index contributed by atoms with van der Waals surface area (Å²) in [6.07, 6.45) is 0. The van der Waals surface area contributed by atoms with Gasteiger partial charge in [0.25, 0.3) is 0 Å². The molecule has 0 N–H and O–H groups in total. The third-order valence-electron chi connectivity index (χ3n) is 6.88. The van der Waals surface area contributed by atoms with Crippen LogP contribution in [0.25, 0.3) is 5.32 Å². The van der Waals surface area contributed by atoms with Crippen LogP contribution in [0.15, 0.2) is 69.6 Å². The first-order valence-electron chi connectivity index (χ1n) is 16.3. The zero-order valence-electron chi connectivity index (χ0n) is 33.2. The molecule has 0 bridgehead atoms. The topological polar surface area (TPSA) is 120 Å². The SMILES string of the molecule is C[N-]C.Cc1cccc(C)c1N=C([O-])C(C)(C)C.Cc1cccc(C)c1N=C([O-])C(C)(C)C.Cc1cccc(C)c1N=C([O-])C(C)(C)C.[Zr+4]. The van der Waals surface area contributed by atoms with Gasteiger partial charge in [-0.1, -0.05) is 117 Å². The van der Waals surface area contributed by atoms with Gasteiger partial charge in [0, 0.05) is 0 Å². The second-order valence-electron chi connectivity index (χ2n) is 15.2. The van der Waals surface area contributed by atoms with Crippen molar-refractivity contribution < 1.29 is 41.5 Å². The molecule has 0 saturated carbocycles. The first kappa shape index (κ1) is 48.0. The van der Waals surface area contributed by atoms with Crippen molar-refractivity contribution in [3.63, 3.8) is 0 Å². The van der Waals surface area contributed by atoms with Crippen molar-refractivity contribution in [3.05, 3.63) is 93.3 Å². The smallest absolute Gasteiger partial charge is 0.861 e. The molecule has 0 amide bonds. The normalized spacial score (nSPS) is 12.3. The fourth-order valence-corrected chi connectivity index (χ4v) is 3.75. The molecule has 3 rings (SSSR count). The number of para-hydroxylation sites is 3. The fourth-order valence-electron chi connectivity index (χ4n) is 3.75. The van der Waals surface area contributed by atoms with Crippen LogP contribution in [-0.2, 0) is 26.2 Å². The van der Waals surface area contributed by atoms with Crippen LogP contribution in [0.2, 0.25) is 0 Å². The van der Waals surface area contributed by atoms with Crippen LogP contribution in [0.1, 0.15) is 95.7 Å². The Morgan fingerprint density at radius 2 is 0.571 bits per heavy atom. The van der Waals surface area contributed by atoms with E-state index in [1.54, 1.807) is 14.1 Å². The predicted molar refractivity (Wildman–Crippen MR) is 203 cm³/mol. The van der Waals surface area contributed by atoms with E-state index in [1.165, 1.54) is 0 Å². The maximum absolute atomic E-state index is 11.8. The van der Waals surface area contributed by atoms with E-state index in [2.05, 4.69) is 20.3 Å². The monoisotopic (exact) mass is 746 g/mol. The van der Waals surface area contributed by atoms with Crippen LogP contribution in [-0.4, -0.2) is 31.8 Å². The van der Waals surface area contributed by atoms with Crippen molar-refractivity contribution in [1.29, 1.82) is 0 Å². The van der Waals surface area contributed by atoms with Crippen molar-refractivity contribution in [3.8, 4) is 0 Å². The Hall–Kier alpha value is -3.09. The van der Waals surface area contributed by atoms with Gasteiger partial charge < -0.3 is 20.6 Å². The summed E-state index contributed by atoms with van der Waals surface area (Å²) in [4.78, 5) is 12.6. The molecule has 49 heavy (non-hydrogen) atoms. The second kappa shape index (κ2) is 21.2. The van der Waals surface area contributed by atoms with Crippen molar-refractivity contribution in [2.24, 2.45) is 31.2 Å². The van der Waals surface area contributed by atoms with E-state index in [4.69, 9.17) is 0 Å². The molecule has 0 spiro atoms. The fraction of sp³-hybridized carbons (Fsp3) is 0.488. The molecule has 0 heterocycles. The molecule has 3 aromatic carbocycles. The average molecular weight is 748 g/mol. The number of aryl methyl sites for hydroxylation is 6. The van der Waals surface area contributed by atoms with Crippen molar-refractivity contribution in [1.82, 2.24) is 0 Å². The first-order chi connectivity index (χ1) is 21.9. The Morgan fingerprint density at radius 3 is 0.694 bits per heavy atom. The number of hydrogen-bond donors (Lipinski definition) is 0. The van der Waals surface area contributed by atoms with Crippen LogP contribution in [0.3, 0.4) is 0 Å². The van der Waals surface area contributed by atoms with Crippen LogP contribution < -0.4 is 15.3 Å². The molecule has 7 nitrogen and oxygen atoms in total. The third kappa shape index (κ3) is 17.4. The molecule has 0 fully saturated rings. The quantitative estimate of drug-likeness (QED) is 0.197. The molecule has 266 valence electrons. The Bertz CT molecular complexity index is 1310.